The highest BCUT2D eigenvalue weighted by molar-refractivity contribution is 6.12. The largest absolute Gasteiger partial charge is 0.376 e. The van der Waals surface area contributed by atoms with Gasteiger partial charge >= 0.3 is 6.03 Å². The van der Waals surface area contributed by atoms with Crippen LogP contribution in [0.5, 0.6) is 0 Å². The van der Waals surface area contributed by atoms with Crippen molar-refractivity contribution in [2.45, 2.75) is 77.9 Å². The Labute approximate surface area is 209 Å². The minimum absolute atomic E-state index is 0.0529. The van der Waals surface area contributed by atoms with Gasteiger partial charge in [0.05, 0.1) is 30.2 Å². The molecule has 0 spiro atoms. The van der Waals surface area contributed by atoms with Gasteiger partial charge in [-0.3, -0.25) is 0 Å². The van der Waals surface area contributed by atoms with E-state index in [9.17, 15) is 10.1 Å². The van der Waals surface area contributed by atoms with E-state index in [0.717, 1.165) is 47.5 Å². The lowest BCUT2D eigenvalue weighted by molar-refractivity contribution is 0.109. The smallest absolute Gasteiger partial charge is 0.344 e. The number of piperazine rings is 1. The minimum atomic E-state index is -0.243. The number of aromatic nitrogens is 1. The SMILES string of the molecule is C=CC(=NC(=O)N1CCN(c2nc(C3CCCCC3)c3c(c2C#N)CCOC3)C[C@H]1C)C(C)=CC. The van der Waals surface area contributed by atoms with Gasteiger partial charge in [0.15, 0.2) is 0 Å². The van der Waals surface area contributed by atoms with Crippen molar-refractivity contribution in [2.24, 2.45) is 4.99 Å². The van der Waals surface area contributed by atoms with Crippen LogP contribution in [-0.4, -0.2) is 53.9 Å². The summed E-state index contributed by atoms with van der Waals surface area (Å²) >= 11 is 0. The van der Waals surface area contributed by atoms with Gasteiger partial charge in [0.25, 0.3) is 0 Å². The van der Waals surface area contributed by atoms with Crippen molar-refractivity contribution in [2.75, 3.05) is 31.1 Å². The molecule has 7 heteroatoms. The van der Waals surface area contributed by atoms with Gasteiger partial charge in [-0.05, 0) is 57.2 Å². The molecule has 186 valence electrons. The standard InChI is InChI=1S/C28H37N5O2/c1-5-19(3)25(6-2)30-28(34)33-14-13-32(17-20(33)4)27-23(16-29)22-12-15-35-18-24(22)26(31-27)21-10-8-7-9-11-21/h5-6,20-21H,2,7-15,17-18H2,1,3-4H3/t20-/m1/s1. The summed E-state index contributed by atoms with van der Waals surface area (Å²) in [4.78, 5) is 26.5. The van der Waals surface area contributed by atoms with E-state index in [1.165, 1.54) is 19.3 Å². The number of hydrogen-bond acceptors (Lipinski definition) is 5. The molecule has 2 amide bonds. The number of nitriles is 1. The molecule has 2 fully saturated rings. The van der Waals surface area contributed by atoms with E-state index in [1.807, 2.05) is 31.7 Å². The average molecular weight is 476 g/mol. The van der Waals surface area contributed by atoms with Crippen LogP contribution in [0.25, 0.3) is 0 Å². The Bertz CT molecular complexity index is 1080. The summed E-state index contributed by atoms with van der Waals surface area (Å²) in [7, 11) is 0. The molecular formula is C28H37N5O2. The third-order valence-electron chi connectivity index (χ3n) is 7.69. The summed E-state index contributed by atoms with van der Waals surface area (Å²) in [5, 5.41) is 10.2. The van der Waals surface area contributed by atoms with Crippen LogP contribution in [0.4, 0.5) is 10.6 Å². The van der Waals surface area contributed by atoms with Gasteiger partial charge in [-0.25, -0.2) is 9.78 Å². The fourth-order valence-electron chi connectivity index (χ4n) is 5.57. The highest BCUT2D eigenvalue weighted by Crippen LogP contribution is 2.39. The summed E-state index contributed by atoms with van der Waals surface area (Å²) in [6.45, 7) is 12.7. The van der Waals surface area contributed by atoms with Crippen LogP contribution in [0.1, 0.15) is 81.2 Å². The number of ether oxygens (including phenoxy) is 1. The first-order valence-electron chi connectivity index (χ1n) is 12.9. The number of carbonyl (C=O) groups excluding carboxylic acids is 1. The van der Waals surface area contributed by atoms with Crippen molar-refractivity contribution in [1.29, 1.82) is 5.26 Å². The normalized spacial score (nSPS) is 21.9. The lowest BCUT2D eigenvalue weighted by atomic mass is 9.82. The molecule has 1 aromatic rings. The first-order valence-corrected chi connectivity index (χ1v) is 12.9. The number of pyridine rings is 1. The van der Waals surface area contributed by atoms with Crippen molar-refractivity contribution in [1.82, 2.24) is 9.88 Å². The molecule has 0 radical (unpaired) electrons. The first-order chi connectivity index (χ1) is 17.0. The zero-order chi connectivity index (χ0) is 24.9. The van der Waals surface area contributed by atoms with Crippen LogP contribution in [0.3, 0.4) is 0 Å². The lowest BCUT2D eigenvalue weighted by Gasteiger charge is -2.40. The number of rotatable bonds is 4. The molecule has 7 nitrogen and oxygen atoms in total. The van der Waals surface area contributed by atoms with E-state index in [0.29, 0.717) is 50.0 Å². The summed E-state index contributed by atoms with van der Waals surface area (Å²) in [6.07, 6.45) is 10.4. The zero-order valence-electron chi connectivity index (χ0n) is 21.3. The molecule has 1 saturated heterocycles. The molecule has 0 bridgehead atoms. The second-order valence-electron chi connectivity index (χ2n) is 9.85. The fraction of sp³-hybridized carbons (Fsp3) is 0.571. The number of hydrogen-bond donors (Lipinski definition) is 0. The monoisotopic (exact) mass is 475 g/mol. The quantitative estimate of drug-likeness (QED) is 0.552. The lowest BCUT2D eigenvalue weighted by Crippen LogP contribution is -2.54. The van der Waals surface area contributed by atoms with Gasteiger partial charge in [-0.2, -0.15) is 10.3 Å². The van der Waals surface area contributed by atoms with Gasteiger partial charge in [0.2, 0.25) is 0 Å². The predicted octanol–water partition coefficient (Wildman–Crippen LogP) is 5.30. The van der Waals surface area contributed by atoms with Gasteiger partial charge in [-0.1, -0.05) is 31.9 Å². The number of allylic oxidation sites excluding steroid dienone is 3. The molecular weight excluding hydrogens is 438 g/mol. The summed E-state index contributed by atoms with van der Waals surface area (Å²) < 4.78 is 5.80. The molecule has 4 rings (SSSR count). The van der Waals surface area contributed by atoms with Gasteiger partial charge < -0.3 is 14.5 Å². The maximum atomic E-state index is 13.0. The van der Waals surface area contributed by atoms with Crippen LogP contribution < -0.4 is 4.90 Å². The molecule has 1 saturated carbocycles. The van der Waals surface area contributed by atoms with Crippen LogP contribution >= 0.6 is 0 Å². The van der Waals surface area contributed by atoms with E-state index < -0.39 is 0 Å². The van der Waals surface area contributed by atoms with E-state index in [2.05, 4.69) is 22.5 Å². The van der Waals surface area contributed by atoms with E-state index in [4.69, 9.17) is 9.72 Å². The third-order valence-corrected chi connectivity index (χ3v) is 7.69. The number of nitrogens with zero attached hydrogens (tertiary/aromatic N) is 5. The van der Waals surface area contributed by atoms with E-state index >= 15 is 0 Å². The Morgan fingerprint density at radius 1 is 1.26 bits per heavy atom. The second-order valence-corrected chi connectivity index (χ2v) is 9.85. The number of aliphatic imine (C=N–C) groups is 1. The number of fused-ring (bicyclic) bond motifs is 1. The Morgan fingerprint density at radius 3 is 2.69 bits per heavy atom. The molecule has 0 unspecified atom stereocenters. The number of anilines is 1. The highest BCUT2D eigenvalue weighted by atomic mass is 16.5. The van der Waals surface area contributed by atoms with Gasteiger partial charge in [-0.15, -0.1) is 0 Å². The van der Waals surface area contributed by atoms with Crippen molar-refractivity contribution in [3.8, 4) is 6.07 Å². The molecule has 1 atom stereocenters. The fourth-order valence-corrected chi connectivity index (χ4v) is 5.57. The van der Waals surface area contributed by atoms with Crippen LogP contribution in [0.2, 0.25) is 0 Å². The predicted molar refractivity (Wildman–Crippen MR) is 139 cm³/mol. The minimum Gasteiger partial charge on any atom is -0.376 e. The van der Waals surface area contributed by atoms with E-state index in [-0.39, 0.29) is 12.1 Å². The molecule has 0 aromatic carbocycles. The van der Waals surface area contributed by atoms with Crippen LogP contribution in [0.15, 0.2) is 29.3 Å². The molecule has 2 aliphatic heterocycles. The molecule has 1 aromatic heterocycles. The summed E-state index contributed by atoms with van der Waals surface area (Å²) in [6, 6.07) is 2.18. The second kappa shape index (κ2) is 11.2. The topological polar surface area (TPSA) is 81.8 Å². The maximum absolute atomic E-state index is 13.0. The molecule has 3 heterocycles. The van der Waals surface area contributed by atoms with Crippen molar-refractivity contribution >= 4 is 17.6 Å². The third kappa shape index (κ3) is 5.18. The molecule has 0 N–H and O–H groups in total. The Balaban J connectivity index is 1.62. The summed E-state index contributed by atoms with van der Waals surface area (Å²) in [5.41, 5.74) is 5.63. The number of amides is 2. The van der Waals surface area contributed by atoms with Crippen molar-refractivity contribution in [3.05, 3.63) is 46.7 Å². The molecule has 35 heavy (non-hydrogen) atoms. The van der Waals surface area contributed by atoms with E-state index in [1.54, 1.807) is 6.08 Å². The molecule has 1 aliphatic carbocycles. The van der Waals surface area contributed by atoms with Crippen molar-refractivity contribution in [3.63, 3.8) is 0 Å². The summed E-state index contributed by atoms with van der Waals surface area (Å²) in [5.74, 6) is 1.22. The van der Waals surface area contributed by atoms with Crippen LogP contribution in [0, 0.1) is 11.3 Å². The Morgan fingerprint density at radius 2 is 2.03 bits per heavy atom. The Kier molecular flexibility index (Phi) is 8.02. The first kappa shape index (κ1) is 25.1. The number of carbonyl (C=O) groups is 1. The van der Waals surface area contributed by atoms with Crippen LogP contribution in [-0.2, 0) is 17.8 Å². The number of urea groups is 1. The molecule has 3 aliphatic rings. The van der Waals surface area contributed by atoms with Crippen molar-refractivity contribution < 1.29 is 9.53 Å². The maximum Gasteiger partial charge on any atom is 0.344 e. The van der Waals surface area contributed by atoms with Gasteiger partial charge in [0, 0.05) is 37.2 Å². The van der Waals surface area contributed by atoms with Gasteiger partial charge in [0.1, 0.15) is 11.9 Å². The Hall–Kier alpha value is -2.98. The highest BCUT2D eigenvalue weighted by Gasteiger charge is 2.33. The zero-order valence-corrected chi connectivity index (χ0v) is 21.3. The average Bonchev–Trinajstić information content (AvgIpc) is 2.90.